The zero-order valence-electron chi connectivity index (χ0n) is 12.6. The zero-order chi connectivity index (χ0) is 16.1. The van der Waals surface area contributed by atoms with Crippen LogP contribution < -0.4 is 15.3 Å². The maximum absolute atomic E-state index is 12.0. The molecule has 1 aliphatic heterocycles. The minimum atomic E-state index is -0.996. The van der Waals surface area contributed by atoms with Crippen molar-refractivity contribution in [2.24, 2.45) is 5.92 Å². The lowest BCUT2D eigenvalue weighted by Gasteiger charge is -2.29. The summed E-state index contributed by atoms with van der Waals surface area (Å²) in [6, 6.07) is 6.82. The zero-order valence-corrected chi connectivity index (χ0v) is 12.6. The second-order valence-electron chi connectivity index (χ2n) is 5.71. The highest BCUT2D eigenvalue weighted by Gasteiger charge is 2.24. The summed E-state index contributed by atoms with van der Waals surface area (Å²) in [4.78, 5) is 35.2. The maximum atomic E-state index is 12.0. The third-order valence-electron chi connectivity index (χ3n) is 3.99. The van der Waals surface area contributed by atoms with E-state index in [-0.39, 0.29) is 17.6 Å². The summed E-state index contributed by atoms with van der Waals surface area (Å²) in [6.45, 7) is 3.08. The van der Waals surface area contributed by atoms with Crippen LogP contribution in [0.2, 0.25) is 0 Å². The first-order valence-corrected chi connectivity index (χ1v) is 7.41. The Hall–Kier alpha value is -2.21. The second-order valence-corrected chi connectivity index (χ2v) is 5.71. The normalized spacial score (nSPS) is 21.1. The third-order valence-corrected chi connectivity index (χ3v) is 3.99. The molecule has 0 saturated carbocycles. The van der Waals surface area contributed by atoms with E-state index in [4.69, 9.17) is 0 Å². The molecule has 0 radical (unpaired) electrons. The Morgan fingerprint density at radius 1 is 1.27 bits per heavy atom. The molecule has 1 fully saturated rings. The van der Waals surface area contributed by atoms with Gasteiger partial charge in [0.25, 0.3) is 5.91 Å². The Morgan fingerprint density at radius 2 is 1.95 bits per heavy atom. The van der Waals surface area contributed by atoms with Gasteiger partial charge in [-0.05, 0) is 19.1 Å². The summed E-state index contributed by atoms with van der Waals surface area (Å²) in [5.74, 6) is -1.57. The molecule has 0 spiro atoms. The fourth-order valence-electron chi connectivity index (χ4n) is 2.69. The number of likely N-dealkylation sites (tertiary alicyclic amines) is 1. The van der Waals surface area contributed by atoms with E-state index in [0.29, 0.717) is 43.7 Å². The molecule has 1 aromatic carbocycles. The van der Waals surface area contributed by atoms with Gasteiger partial charge in [-0.2, -0.15) is 0 Å². The van der Waals surface area contributed by atoms with Crippen molar-refractivity contribution in [2.75, 3.05) is 25.0 Å². The van der Waals surface area contributed by atoms with Gasteiger partial charge in [0.2, 0.25) is 0 Å². The Kier molecular flexibility index (Phi) is 5.27. The average molecular weight is 304 g/mol. The van der Waals surface area contributed by atoms with Crippen molar-refractivity contribution in [3.8, 4) is 0 Å². The minimum Gasteiger partial charge on any atom is -0.550 e. The molecule has 1 heterocycles. The molecule has 0 aliphatic carbocycles. The second kappa shape index (κ2) is 7.17. The van der Waals surface area contributed by atoms with Gasteiger partial charge in [0.05, 0.1) is 13.1 Å². The molecule has 6 heteroatoms. The lowest BCUT2D eigenvalue weighted by molar-refractivity contribution is -0.897. The SMILES string of the molecule is CC(=O)c1cccc(NC(=O)C[NH+]2CCC(C(=O)[O-])CC2)c1. The molecule has 0 bridgehead atoms. The highest BCUT2D eigenvalue weighted by molar-refractivity contribution is 5.97. The number of quaternary nitrogens is 1. The lowest BCUT2D eigenvalue weighted by atomic mass is 9.97. The molecule has 22 heavy (non-hydrogen) atoms. The number of benzene rings is 1. The van der Waals surface area contributed by atoms with Gasteiger partial charge in [0, 0.05) is 36.0 Å². The smallest absolute Gasteiger partial charge is 0.279 e. The van der Waals surface area contributed by atoms with Gasteiger partial charge in [0.15, 0.2) is 12.3 Å². The van der Waals surface area contributed by atoms with Crippen molar-refractivity contribution in [3.63, 3.8) is 0 Å². The van der Waals surface area contributed by atoms with Crippen LogP contribution in [0.1, 0.15) is 30.1 Å². The molecular weight excluding hydrogens is 284 g/mol. The van der Waals surface area contributed by atoms with Crippen molar-refractivity contribution in [1.82, 2.24) is 0 Å². The van der Waals surface area contributed by atoms with Crippen molar-refractivity contribution >= 4 is 23.3 Å². The van der Waals surface area contributed by atoms with Crippen LogP contribution in [-0.4, -0.2) is 37.3 Å². The quantitative estimate of drug-likeness (QED) is 0.674. The summed E-state index contributed by atoms with van der Waals surface area (Å²) in [7, 11) is 0. The average Bonchev–Trinajstić information content (AvgIpc) is 2.47. The van der Waals surface area contributed by atoms with Crippen LogP contribution in [0.25, 0.3) is 0 Å². The van der Waals surface area contributed by atoms with E-state index < -0.39 is 5.97 Å². The number of Topliss-reactive ketones (excluding diaryl/α,β-unsaturated/α-hetero) is 1. The van der Waals surface area contributed by atoms with E-state index in [9.17, 15) is 19.5 Å². The fourth-order valence-corrected chi connectivity index (χ4v) is 2.69. The van der Waals surface area contributed by atoms with Crippen LogP contribution in [-0.2, 0) is 9.59 Å². The highest BCUT2D eigenvalue weighted by atomic mass is 16.4. The number of rotatable bonds is 5. The predicted octanol–water partition coefficient (Wildman–Crippen LogP) is -1.13. The number of hydrogen-bond acceptors (Lipinski definition) is 4. The fraction of sp³-hybridized carbons (Fsp3) is 0.438. The van der Waals surface area contributed by atoms with E-state index in [1.54, 1.807) is 24.3 Å². The van der Waals surface area contributed by atoms with Crippen LogP contribution in [0.15, 0.2) is 24.3 Å². The largest absolute Gasteiger partial charge is 0.550 e. The summed E-state index contributed by atoms with van der Waals surface area (Å²) in [5.41, 5.74) is 1.15. The van der Waals surface area contributed by atoms with Crippen LogP contribution >= 0.6 is 0 Å². The van der Waals surface area contributed by atoms with Crippen LogP contribution in [0.4, 0.5) is 5.69 Å². The first-order valence-electron chi connectivity index (χ1n) is 7.41. The van der Waals surface area contributed by atoms with E-state index in [1.165, 1.54) is 6.92 Å². The van der Waals surface area contributed by atoms with Crippen molar-refractivity contribution in [3.05, 3.63) is 29.8 Å². The lowest BCUT2D eigenvalue weighted by Crippen LogP contribution is -3.14. The predicted molar refractivity (Wildman–Crippen MR) is 78.4 cm³/mol. The van der Waals surface area contributed by atoms with Gasteiger partial charge in [-0.25, -0.2) is 0 Å². The van der Waals surface area contributed by atoms with Gasteiger partial charge >= 0.3 is 0 Å². The number of carboxylic acids is 1. The topological polar surface area (TPSA) is 90.7 Å². The van der Waals surface area contributed by atoms with Crippen LogP contribution in [0, 0.1) is 5.92 Å². The van der Waals surface area contributed by atoms with Gasteiger partial charge in [0.1, 0.15) is 0 Å². The van der Waals surface area contributed by atoms with Gasteiger partial charge < -0.3 is 20.1 Å². The summed E-state index contributed by atoms with van der Waals surface area (Å²) in [5, 5.41) is 13.6. The number of aliphatic carboxylic acids is 1. The van der Waals surface area contributed by atoms with Gasteiger partial charge in [-0.1, -0.05) is 12.1 Å². The molecule has 1 amide bonds. The summed E-state index contributed by atoms with van der Waals surface area (Å²) < 4.78 is 0. The number of anilines is 1. The molecule has 1 aliphatic rings. The Labute approximate surface area is 129 Å². The Morgan fingerprint density at radius 3 is 2.55 bits per heavy atom. The first-order chi connectivity index (χ1) is 10.5. The molecule has 1 saturated heterocycles. The summed E-state index contributed by atoms with van der Waals surface area (Å²) in [6.07, 6.45) is 1.09. The van der Waals surface area contributed by atoms with Crippen molar-refractivity contribution < 1.29 is 24.4 Å². The highest BCUT2D eigenvalue weighted by Crippen LogP contribution is 2.11. The Bertz CT molecular complexity index is 577. The summed E-state index contributed by atoms with van der Waals surface area (Å²) >= 11 is 0. The Balaban J connectivity index is 1.85. The molecule has 1 aromatic rings. The van der Waals surface area contributed by atoms with E-state index >= 15 is 0 Å². The molecule has 6 nitrogen and oxygen atoms in total. The first kappa shape index (κ1) is 16.2. The molecule has 2 N–H and O–H groups in total. The molecule has 0 unspecified atom stereocenters. The standard InChI is InChI=1S/C16H20N2O4/c1-11(19)13-3-2-4-14(9-13)17-15(20)10-18-7-5-12(6-8-18)16(21)22/h2-4,9,12H,5-8,10H2,1H3,(H,17,20)(H,21,22). The van der Waals surface area contributed by atoms with Gasteiger partial charge in [-0.15, -0.1) is 0 Å². The number of carboxylic acid groups (broad SMARTS) is 1. The molecular formula is C16H20N2O4. The monoisotopic (exact) mass is 304 g/mol. The molecule has 2 rings (SSSR count). The number of carbonyl (C=O) groups is 3. The molecule has 0 aromatic heterocycles. The van der Waals surface area contributed by atoms with Crippen molar-refractivity contribution in [2.45, 2.75) is 19.8 Å². The maximum Gasteiger partial charge on any atom is 0.279 e. The number of ketones is 1. The van der Waals surface area contributed by atoms with E-state index in [1.807, 2.05) is 0 Å². The van der Waals surface area contributed by atoms with E-state index in [2.05, 4.69) is 5.32 Å². The van der Waals surface area contributed by atoms with Gasteiger partial charge in [-0.3, -0.25) is 9.59 Å². The molecule has 0 atom stereocenters. The molecule has 118 valence electrons. The van der Waals surface area contributed by atoms with Crippen LogP contribution in [0.5, 0.6) is 0 Å². The number of carbonyl (C=O) groups excluding carboxylic acids is 3. The minimum absolute atomic E-state index is 0.0499. The van der Waals surface area contributed by atoms with Crippen LogP contribution in [0.3, 0.4) is 0 Å². The number of amides is 1. The third kappa shape index (κ3) is 4.39. The van der Waals surface area contributed by atoms with E-state index in [0.717, 1.165) is 4.90 Å². The number of piperidine rings is 1. The number of hydrogen-bond donors (Lipinski definition) is 2. The number of nitrogens with one attached hydrogen (secondary N) is 2. The van der Waals surface area contributed by atoms with Crippen molar-refractivity contribution in [1.29, 1.82) is 0 Å².